The Labute approximate surface area is 124 Å². The third-order valence-corrected chi connectivity index (χ3v) is 4.28. The molecule has 1 saturated carbocycles. The minimum atomic E-state index is -0.827. The summed E-state index contributed by atoms with van der Waals surface area (Å²) in [6.45, 7) is 2.26. The average molecular weight is 303 g/mol. The van der Waals surface area contributed by atoms with Crippen LogP contribution >= 0.6 is 11.8 Å². The summed E-state index contributed by atoms with van der Waals surface area (Å²) in [4.78, 5) is 22.2. The lowest BCUT2D eigenvalue weighted by atomic mass is 10.1. The Morgan fingerprint density at radius 3 is 2.55 bits per heavy atom. The fraction of sp³-hybridized carbons (Fsp3) is 0.857. The molecule has 0 aromatic rings. The Morgan fingerprint density at radius 1 is 1.30 bits per heavy atom. The fourth-order valence-electron chi connectivity index (χ4n) is 2.28. The van der Waals surface area contributed by atoms with Gasteiger partial charge in [-0.25, -0.2) is 0 Å². The lowest BCUT2D eigenvalue weighted by molar-refractivity contribution is -0.135. The van der Waals surface area contributed by atoms with E-state index >= 15 is 0 Å². The molecule has 0 aliphatic heterocycles. The van der Waals surface area contributed by atoms with Gasteiger partial charge in [-0.15, -0.1) is 11.8 Å². The van der Waals surface area contributed by atoms with Crippen LogP contribution in [0.2, 0.25) is 0 Å². The van der Waals surface area contributed by atoms with Gasteiger partial charge in [0.2, 0.25) is 5.91 Å². The molecule has 1 atom stereocenters. The summed E-state index contributed by atoms with van der Waals surface area (Å²) in [5, 5.41) is 11.3. The zero-order chi connectivity index (χ0) is 14.8. The number of carboxylic acids is 1. The molecule has 0 spiro atoms. The maximum atomic E-state index is 11.8. The maximum absolute atomic E-state index is 11.8. The average Bonchev–Trinajstić information content (AvgIpc) is 2.66. The maximum Gasteiger partial charge on any atom is 0.313 e. The van der Waals surface area contributed by atoms with E-state index in [1.807, 2.05) is 0 Å². The van der Waals surface area contributed by atoms with E-state index in [1.165, 1.54) is 37.4 Å². The van der Waals surface area contributed by atoms with Crippen molar-refractivity contribution >= 4 is 23.6 Å². The Hall–Kier alpha value is -0.750. The lowest BCUT2D eigenvalue weighted by Gasteiger charge is -2.20. The Bertz CT molecular complexity index is 304. The van der Waals surface area contributed by atoms with Crippen molar-refractivity contribution < 1.29 is 19.4 Å². The molecule has 0 saturated heterocycles. The second kappa shape index (κ2) is 10.0. The van der Waals surface area contributed by atoms with Gasteiger partial charge in [0.1, 0.15) is 6.10 Å². The van der Waals surface area contributed by atoms with Gasteiger partial charge in [-0.05, 0) is 19.8 Å². The zero-order valence-electron chi connectivity index (χ0n) is 12.1. The highest BCUT2D eigenvalue weighted by Gasteiger charge is 2.20. The van der Waals surface area contributed by atoms with Crippen molar-refractivity contribution in [1.29, 1.82) is 0 Å². The van der Waals surface area contributed by atoms with Gasteiger partial charge in [0.05, 0.1) is 11.9 Å². The molecule has 116 valence electrons. The van der Waals surface area contributed by atoms with Gasteiger partial charge < -0.3 is 15.2 Å². The predicted octanol–water partition coefficient (Wildman–Crippen LogP) is 2.05. The first kappa shape index (κ1) is 17.3. The summed E-state index contributed by atoms with van der Waals surface area (Å²) in [5.41, 5.74) is 0. The molecular weight excluding hydrogens is 278 g/mol. The van der Waals surface area contributed by atoms with E-state index in [0.717, 1.165) is 12.8 Å². The summed E-state index contributed by atoms with van der Waals surface area (Å²) in [6, 6.07) is 0. The highest BCUT2D eigenvalue weighted by molar-refractivity contribution is 7.99. The number of carbonyl (C=O) groups is 2. The van der Waals surface area contributed by atoms with Crippen LogP contribution in [0.15, 0.2) is 0 Å². The van der Waals surface area contributed by atoms with Gasteiger partial charge >= 0.3 is 5.97 Å². The van der Waals surface area contributed by atoms with Crippen LogP contribution in [0.4, 0.5) is 0 Å². The molecule has 2 N–H and O–H groups in total. The monoisotopic (exact) mass is 303 g/mol. The molecule has 1 fully saturated rings. The van der Waals surface area contributed by atoms with E-state index in [0.29, 0.717) is 12.3 Å². The van der Waals surface area contributed by atoms with Crippen LogP contribution in [-0.4, -0.2) is 47.2 Å². The Morgan fingerprint density at radius 2 is 1.95 bits per heavy atom. The van der Waals surface area contributed by atoms with Gasteiger partial charge in [0.25, 0.3) is 0 Å². The Balaban J connectivity index is 2.13. The smallest absolute Gasteiger partial charge is 0.313 e. The van der Waals surface area contributed by atoms with E-state index in [1.54, 1.807) is 6.92 Å². The molecule has 0 aromatic carbocycles. The number of carbonyl (C=O) groups excluding carboxylic acids is 1. The number of nitrogens with one attached hydrogen (secondary N) is 1. The fourth-order valence-corrected chi connectivity index (χ4v) is 2.84. The molecule has 5 nitrogen and oxygen atoms in total. The van der Waals surface area contributed by atoms with Crippen molar-refractivity contribution in [2.24, 2.45) is 0 Å². The zero-order valence-corrected chi connectivity index (χ0v) is 12.9. The van der Waals surface area contributed by atoms with Gasteiger partial charge in [-0.2, -0.15) is 0 Å². The van der Waals surface area contributed by atoms with E-state index in [2.05, 4.69) is 5.32 Å². The van der Waals surface area contributed by atoms with E-state index < -0.39 is 12.1 Å². The van der Waals surface area contributed by atoms with Crippen LogP contribution in [0.5, 0.6) is 0 Å². The van der Waals surface area contributed by atoms with E-state index in [-0.39, 0.29) is 17.8 Å². The standard InChI is InChI=1S/C14H25NO4S/c1-11(19-12-6-4-2-3-5-7-12)14(18)15-8-9-20-10-13(16)17/h11-12H,2-10H2,1H3,(H,15,18)(H,16,17). The predicted molar refractivity (Wildman–Crippen MR) is 80.0 cm³/mol. The first-order valence-electron chi connectivity index (χ1n) is 7.32. The molecule has 0 bridgehead atoms. The third-order valence-electron chi connectivity index (χ3n) is 3.34. The SMILES string of the molecule is CC(OC1CCCCCC1)C(=O)NCCSCC(=O)O. The first-order chi connectivity index (χ1) is 9.59. The van der Waals surface area contributed by atoms with Crippen molar-refractivity contribution in [2.45, 2.75) is 57.7 Å². The quantitative estimate of drug-likeness (QED) is 0.530. The van der Waals surface area contributed by atoms with Gasteiger partial charge in [-0.1, -0.05) is 25.7 Å². The molecule has 1 aliphatic rings. The van der Waals surface area contributed by atoms with Crippen molar-refractivity contribution in [3.63, 3.8) is 0 Å². The van der Waals surface area contributed by atoms with Crippen molar-refractivity contribution in [2.75, 3.05) is 18.1 Å². The normalized spacial score (nSPS) is 18.2. The lowest BCUT2D eigenvalue weighted by Crippen LogP contribution is -2.37. The Kier molecular flexibility index (Phi) is 8.69. The second-order valence-electron chi connectivity index (χ2n) is 5.13. The minimum absolute atomic E-state index is 0.0734. The van der Waals surface area contributed by atoms with Crippen molar-refractivity contribution in [1.82, 2.24) is 5.32 Å². The van der Waals surface area contributed by atoms with Crippen LogP contribution in [0.3, 0.4) is 0 Å². The highest BCUT2D eigenvalue weighted by atomic mass is 32.2. The summed E-state index contributed by atoms with van der Waals surface area (Å²) >= 11 is 1.30. The molecule has 6 heteroatoms. The minimum Gasteiger partial charge on any atom is -0.481 e. The number of aliphatic carboxylic acids is 1. The summed E-state index contributed by atoms with van der Waals surface area (Å²) in [7, 11) is 0. The van der Waals surface area contributed by atoms with Crippen LogP contribution < -0.4 is 5.32 Å². The van der Waals surface area contributed by atoms with Crippen LogP contribution in [-0.2, 0) is 14.3 Å². The number of ether oxygens (including phenoxy) is 1. The van der Waals surface area contributed by atoms with Crippen LogP contribution in [0.1, 0.15) is 45.4 Å². The molecule has 0 heterocycles. The van der Waals surface area contributed by atoms with Gasteiger partial charge in [0.15, 0.2) is 0 Å². The largest absolute Gasteiger partial charge is 0.481 e. The first-order valence-corrected chi connectivity index (χ1v) is 8.47. The number of hydrogen-bond acceptors (Lipinski definition) is 4. The number of rotatable bonds is 8. The number of hydrogen-bond donors (Lipinski definition) is 2. The van der Waals surface area contributed by atoms with Crippen LogP contribution in [0.25, 0.3) is 0 Å². The molecule has 1 unspecified atom stereocenters. The topological polar surface area (TPSA) is 75.6 Å². The van der Waals surface area contributed by atoms with E-state index in [9.17, 15) is 9.59 Å². The number of thioether (sulfide) groups is 1. The molecule has 1 amide bonds. The van der Waals surface area contributed by atoms with Crippen molar-refractivity contribution in [3.8, 4) is 0 Å². The highest BCUT2D eigenvalue weighted by Crippen LogP contribution is 2.20. The van der Waals surface area contributed by atoms with E-state index in [4.69, 9.17) is 9.84 Å². The molecule has 1 aliphatic carbocycles. The summed E-state index contributed by atoms with van der Waals surface area (Å²) < 4.78 is 5.82. The van der Waals surface area contributed by atoms with Gasteiger partial charge in [-0.3, -0.25) is 9.59 Å². The molecular formula is C14H25NO4S. The number of carboxylic acid groups (broad SMARTS) is 1. The summed E-state index contributed by atoms with van der Waals surface area (Å²) in [6.07, 6.45) is 6.78. The van der Waals surface area contributed by atoms with Gasteiger partial charge in [0, 0.05) is 12.3 Å². The number of amides is 1. The molecule has 1 rings (SSSR count). The molecule has 0 aromatic heterocycles. The van der Waals surface area contributed by atoms with Crippen molar-refractivity contribution in [3.05, 3.63) is 0 Å². The van der Waals surface area contributed by atoms with Crippen LogP contribution in [0, 0.1) is 0 Å². The summed E-state index contributed by atoms with van der Waals surface area (Å²) in [5.74, 6) is -0.255. The molecule has 0 radical (unpaired) electrons. The third kappa shape index (κ3) is 7.75. The second-order valence-corrected chi connectivity index (χ2v) is 6.23. The molecule has 20 heavy (non-hydrogen) atoms.